The van der Waals surface area contributed by atoms with E-state index in [0.717, 1.165) is 21.9 Å². The summed E-state index contributed by atoms with van der Waals surface area (Å²) in [7, 11) is -4.16. The van der Waals surface area contributed by atoms with Gasteiger partial charge < -0.3 is 15.0 Å². The third kappa shape index (κ3) is 8.95. The van der Waals surface area contributed by atoms with Crippen LogP contribution in [0.3, 0.4) is 0 Å². The summed E-state index contributed by atoms with van der Waals surface area (Å²) in [5.41, 5.74) is 2.21. The van der Waals surface area contributed by atoms with Crippen LogP contribution in [0.5, 0.6) is 11.5 Å². The van der Waals surface area contributed by atoms with E-state index in [1.165, 1.54) is 17.0 Å². The highest BCUT2D eigenvalue weighted by Crippen LogP contribution is 2.28. The molecule has 0 bridgehead atoms. The van der Waals surface area contributed by atoms with Crippen LogP contribution in [-0.4, -0.2) is 50.3 Å². The quantitative estimate of drug-likeness (QED) is 0.176. The van der Waals surface area contributed by atoms with Gasteiger partial charge >= 0.3 is 0 Å². The van der Waals surface area contributed by atoms with E-state index in [9.17, 15) is 18.0 Å². The van der Waals surface area contributed by atoms with E-state index in [-0.39, 0.29) is 23.4 Å². The smallest absolute Gasteiger partial charge is 0.264 e. The van der Waals surface area contributed by atoms with Crippen LogP contribution < -0.4 is 14.4 Å². The van der Waals surface area contributed by atoms with E-state index in [1.807, 2.05) is 81.4 Å². The van der Waals surface area contributed by atoms with Crippen LogP contribution in [0, 0.1) is 6.92 Å². The minimum Gasteiger partial charge on any atom is -0.457 e. The molecule has 0 aliphatic rings. The summed E-state index contributed by atoms with van der Waals surface area (Å²) in [5, 5.41) is 2.96. The van der Waals surface area contributed by atoms with Crippen molar-refractivity contribution in [3.63, 3.8) is 0 Å². The molecule has 2 atom stereocenters. The second-order valence-corrected chi connectivity index (χ2v) is 12.9. The molecule has 1 N–H and O–H groups in total. The van der Waals surface area contributed by atoms with E-state index in [4.69, 9.17) is 4.74 Å². The van der Waals surface area contributed by atoms with E-state index < -0.39 is 28.5 Å². The topological polar surface area (TPSA) is 96.0 Å². The summed E-state index contributed by atoms with van der Waals surface area (Å²) in [6, 6.07) is 31.1. The lowest BCUT2D eigenvalue weighted by molar-refractivity contribution is -0.139. The number of carbonyl (C=O) groups excluding carboxylic acids is 2. The number of ether oxygens (including phenoxy) is 1. The zero-order valence-corrected chi connectivity index (χ0v) is 27.0. The Morgan fingerprint density at radius 3 is 1.98 bits per heavy atom. The Morgan fingerprint density at radius 2 is 1.38 bits per heavy atom. The van der Waals surface area contributed by atoms with Crippen molar-refractivity contribution in [3.8, 4) is 11.5 Å². The van der Waals surface area contributed by atoms with Crippen molar-refractivity contribution in [3.05, 3.63) is 120 Å². The largest absolute Gasteiger partial charge is 0.457 e. The maximum absolute atomic E-state index is 14.1. The summed E-state index contributed by atoms with van der Waals surface area (Å²) in [6.45, 7) is 7.17. The first-order valence-corrected chi connectivity index (χ1v) is 16.6. The monoisotopic (exact) mass is 627 g/mol. The number of anilines is 1. The van der Waals surface area contributed by atoms with E-state index in [1.54, 1.807) is 43.3 Å². The summed E-state index contributed by atoms with van der Waals surface area (Å²) in [6.07, 6.45) is 1.24. The van der Waals surface area contributed by atoms with Crippen molar-refractivity contribution in [2.24, 2.45) is 0 Å². The van der Waals surface area contributed by atoms with Gasteiger partial charge in [0.15, 0.2) is 0 Å². The number of hydrogen-bond donors (Lipinski definition) is 1. The van der Waals surface area contributed by atoms with Crippen LogP contribution in [0.4, 0.5) is 5.69 Å². The average molecular weight is 628 g/mol. The summed E-state index contributed by atoms with van der Waals surface area (Å²) in [5.74, 6) is 0.381. The maximum atomic E-state index is 14.1. The molecule has 8 nitrogen and oxygen atoms in total. The fraction of sp³-hybridized carbons (Fsp3) is 0.278. The normalized spacial score (nSPS) is 12.5. The van der Waals surface area contributed by atoms with Crippen LogP contribution >= 0.6 is 0 Å². The molecule has 0 unspecified atom stereocenters. The lowest BCUT2D eigenvalue weighted by atomic mass is 10.1. The predicted octanol–water partition coefficient (Wildman–Crippen LogP) is 6.36. The van der Waals surface area contributed by atoms with Crippen molar-refractivity contribution < 1.29 is 22.7 Å². The Balaban J connectivity index is 1.67. The van der Waals surface area contributed by atoms with Gasteiger partial charge in [-0.1, -0.05) is 73.2 Å². The number of para-hydroxylation sites is 1. The van der Waals surface area contributed by atoms with Crippen LogP contribution in [0.1, 0.15) is 38.3 Å². The fourth-order valence-corrected chi connectivity index (χ4v) is 6.12. The number of hydrogen-bond acceptors (Lipinski definition) is 5. The molecular weight excluding hydrogens is 586 g/mol. The number of nitrogens with one attached hydrogen (secondary N) is 1. The third-order valence-electron chi connectivity index (χ3n) is 7.64. The highest BCUT2D eigenvalue weighted by Gasteiger charge is 2.32. The molecule has 236 valence electrons. The molecule has 4 aromatic rings. The first kappa shape index (κ1) is 33.3. The minimum absolute atomic E-state index is 0.0592. The molecule has 0 saturated heterocycles. The number of carbonyl (C=O) groups is 2. The SMILES string of the molecule is CC[C@H](C)NC(=O)[C@H](C)N(CCc1ccccc1)C(=O)CN(c1ccc(Oc2ccccc2)cc1)S(=O)(=O)c1ccc(C)cc1. The van der Waals surface area contributed by atoms with Crippen LogP contribution in [0.25, 0.3) is 0 Å². The number of sulfonamides is 1. The molecule has 45 heavy (non-hydrogen) atoms. The molecule has 4 aromatic carbocycles. The van der Waals surface area contributed by atoms with Crippen LogP contribution in [0.15, 0.2) is 114 Å². The molecule has 0 aliphatic carbocycles. The van der Waals surface area contributed by atoms with Crippen LogP contribution in [-0.2, 0) is 26.0 Å². The molecule has 0 fully saturated rings. The molecule has 0 aromatic heterocycles. The number of nitrogens with zero attached hydrogens (tertiary/aromatic N) is 2. The summed E-state index contributed by atoms with van der Waals surface area (Å²) in [4.78, 5) is 28.8. The minimum atomic E-state index is -4.16. The maximum Gasteiger partial charge on any atom is 0.264 e. The van der Waals surface area contributed by atoms with Crippen LogP contribution in [0.2, 0.25) is 0 Å². The molecule has 2 amide bonds. The Hall–Kier alpha value is -4.63. The molecule has 0 heterocycles. The molecule has 4 rings (SSSR count). The lowest BCUT2D eigenvalue weighted by Gasteiger charge is -2.32. The second kappa shape index (κ2) is 15.4. The zero-order valence-electron chi connectivity index (χ0n) is 26.2. The van der Waals surface area contributed by atoms with Gasteiger partial charge in [0.1, 0.15) is 24.1 Å². The highest BCUT2D eigenvalue weighted by atomic mass is 32.2. The van der Waals surface area contributed by atoms with Gasteiger partial charge in [0.05, 0.1) is 10.6 Å². The van der Waals surface area contributed by atoms with Gasteiger partial charge in [0, 0.05) is 12.6 Å². The van der Waals surface area contributed by atoms with Gasteiger partial charge in [-0.05, 0) is 87.7 Å². The van der Waals surface area contributed by atoms with Crippen molar-refractivity contribution in [1.82, 2.24) is 10.2 Å². The van der Waals surface area contributed by atoms with Crippen molar-refractivity contribution >= 4 is 27.5 Å². The molecule has 0 spiro atoms. The summed E-state index contributed by atoms with van der Waals surface area (Å²) < 4.78 is 35.2. The number of aryl methyl sites for hydroxylation is 1. The van der Waals surface area contributed by atoms with Gasteiger partial charge in [0.25, 0.3) is 10.0 Å². The lowest BCUT2D eigenvalue weighted by Crippen LogP contribution is -2.53. The zero-order chi connectivity index (χ0) is 32.4. The average Bonchev–Trinajstić information content (AvgIpc) is 3.05. The van der Waals surface area contributed by atoms with Crippen molar-refractivity contribution in [1.29, 1.82) is 0 Å². The number of benzene rings is 4. The molecule has 0 aliphatic heterocycles. The first-order valence-electron chi connectivity index (χ1n) is 15.1. The highest BCUT2D eigenvalue weighted by molar-refractivity contribution is 7.92. The molecular formula is C36H41N3O5S. The predicted molar refractivity (Wildman–Crippen MR) is 178 cm³/mol. The number of amides is 2. The Morgan fingerprint density at radius 1 is 0.800 bits per heavy atom. The molecule has 0 radical (unpaired) electrons. The first-order chi connectivity index (χ1) is 21.6. The van der Waals surface area contributed by atoms with E-state index >= 15 is 0 Å². The fourth-order valence-electron chi connectivity index (χ4n) is 4.71. The molecule has 9 heteroatoms. The van der Waals surface area contributed by atoms with Crippen molar-refractivity contribution in [2.75, 3.05) is 17.4 Å². The Bertz CT molecular complexity index is 1640. The van der Waals surface area contributed by atoms with Gasteiger partial charge in [0.2, 0.25) is 11.8 Å². The van der Waals surface area contributed by atoms with E-state index in [2.05, 4.69) is 5.32 Å². The van der Waals surface area contributed by atoms with Gasteiger partial charge in [-0.2, -0.15) is 0 Å². The van der Waals surface area contributed by atoms with Gasteiger partial charge in [-0.3, -0.25) is 13.9 Å². The van der Waals surface area contributed by atoms with Gasteiger partial charge in [-0.15, -0.1) is 0 Å². The number of rotatable bonds is 14. The Labute approximate surface area is 266 Å². The molecule has 0 saturated carbocycles. The summed E-state index contributed by atoms with van der Waals surface area (Å²) >= 11 is 0. The Kier molecular flexibility index (Phi) is 11.4. The van der Waals surface area contributed by atoms with Crippen molar-refractivity contribution in [2.45, 2.75) is 57.5 Å². The standard InChI is InChI=1S/C36H41N3O5S/c1-5-28(3)37-36(41)29(4)38(25-24-30-12-8-6-9-13-30)35(40)26-39(45(42,43)34-22-16-27(2)17-23-34)31-18-20-33(21-19-31)44-32-14-10-7-11-15-32/h6-23,28-29H,5,24-26H2,1-4H3,(H,37,41)/t28-,29-/m0/s1. The van der Waals surface area contributed by atoms with E-state index in [0.29, 0.717) is 23.6 Å². The third-order valence-corrected chi connectivity index (χ3v) is 9.43. The second-order valence-electron chi connectivity index (χ2n) is 11.1. The van der Waals surface area contributed by atoms with Gasteiger partial charge in [-0.25, -0.2) is 8.42 Å².